The first kappa shape index (κ1) is 25.1. The highest BCUT2D eigenvalue weighted by Gasteiger charge is 2.22. The number of aromatic nitrogens is 3. The molecule has 0 aliphatic carbocycles. The molecule has 0 saturated carbocycles. The number of piperidine rings is 1. The van der Waals surface area contributed by atoms with Crippen LogP contribution in [0.4, 0.5) is 0 Å². The molecule has 1 aromatic heterocycles. The first-order valence-corrected chi connectivity index (χ1v) is 13.0. The number of carbonyl (C=O) groups excluding carboxylic acids is 1. The Morgan fingerprint density at radius 2 is 1.97 bits per heavy atom. The zero-order valence-corrected chi connectivity index (χ0v) is 21.6. The van der Waals surface area contributed by atoms with Crippen molar-refractivity contribution in [1.29, 1.82) is 0 Å². The molecule has 3 aromatic rings. The summed E-state index contributed by atoms with van der Waals surface area (Å²) in [5, 5.41) is 11.7. The Balaban J connectivity index is 1.35. The van der Waals surface area contributed by atoms with Crippen LogP contribution in [0, 0.1) is 12.8 Å². The Hall–Kier alpha value is -3.59. The van der Waals surface area contributed by atoms with Crippen LogP contribution >= 0.6 is 0 Å². The Morgan fingerprint density at radius 1 is 1.11 bits per heavy atom. The van der Waals surface area contributed by atoms with Crippen molar-refractivity contribution in [3.63, 3.8) is 0 Å². The summed E-state index contributed by atoms with van der Waals surface area (Å²) in [4.78, 5) is 15.3. The fourth-order valence-electron chi connectivity index (χ4n) is 4.90. The molecule has 6 bridgehead atoms. The second-order valence-corrected chi connectivity index (χ2v) is 9.82. The number of hydrogen-bond donors (Lipinski definition) is 1. The van der Waals surface area contributed by atoms with Crippen molar-refractivity contribution in [3.8, 4) is 17.2 Å². The minimum atomic E-state index is -0.0530. The maximum Gasteiger partial charge on any atom is 0.251 e. The van der Waals surface area contributed by atoms with Crippen LogP contribution in [0.3, 0.4) is 0 Å². The van der Waals surface area contributed by atoms with Crippen LogP contribution in [0.5, 0.6) is 17.2 Å². The molecule has 1 saturated heterocycles. The number of rotatable bonds is 1. The van der Waals surface area contributed by atoms with E-state index < -0.39 is 0 Å². The molecule has 1 amide bonds. The third-order valence-corrected chi connectivity index (χ3v) is 7.12. The standard InChI is InChI=1S/C28H35N5O4/c1-20-7-8-22-15-26(20)36-14-4-11-33-18-24(30-31-33)19-37-27-23(5-3-6-25(27)35-2)17-32-12-9-21(10-13-32)16-29-28(22)34/h3,5-8,15,18,21H,4,9-14,16-17,19H2,1-2H3,(H,29,34). The molecule has 3 aliphatic heterocycles. The van der Waals surface area contributed by atoms with E-state index >= 15 is 0 Å². The number of aryl methyl sites for hydroxylation is 2. The Bertz CT molecular complexity index is 1220. The summed E-state index contributed by atoms with van der Waals surface area (Å²) >= 11 is 0. The third kappa shape index (κ3) is 6.22. The highest BCUT2D eigenvalue weighted by molar-refractivity contribution is 5.94. The Kier molecular flexibility index (Phi) is 7.89. The first-order valence-electron chi connectivity index (χ1n) is 13.0. The van der Waals surface area contributed by atoms with Gasteiger partial charge >= 0.3 is 0 Å². The van der Waals surface area contributed by atoms with Gasteiger partial charge in [0.2, 0.25) is 0 Å². The van der Waals surface area contributed by atoms with E-state index in [2.05, 4.69) is 26.6 Å². The summed E-state index contributed by atoms with van der Waals surface area (Å²) in [5.74, 6) is 2.61. The second-order valence-electron chi connectivity index (χ2n) is 9.82. The van der Waals surface area contributed by atoms with Crippen molar-refractivity contribution in [2.24, 2.45) is 5.92 Å². The van der Waals surface area contributed by atoms with E-state index in [-0.39, 0.29) is 5.91 Å². The number of hydrogen-bond acceptors (Lipinski definition) is 7. The normalized spacial score (nSPS) is 20.9. The van der Waals surface area contributed by atoms with Gasteiger partial charge in [-0.05, 0) is 62.5 Å². The molecular formula is C28H35N5O4. The van der Waals surface area contributed by atoms with Crippen molar-refractivity contribution in [2.75, 3.05) is 33.4 Å². The topological polar surface area (TPSA) is 90.7 Å². The predicted octanol–water partition coefficient (Wildman–Crippen LogP) is 3.60. The van der Waals surface area contributed by atoms with Gasteiger partial charge in [-0.3, -0.25) is 14.4 Å². The number of amides is 1. The number of nitrogens with one attached hydrogen (secondary N) is 1. The maximum atomic E-state index is 12.9. The summed E-state index contributed by atoms with van der Waals surface area (Å²) in [6, 6.07) is 11.7. The molecule has 0 spiro atoms. The van der Waals surface area contributed by atoms with Crippen LogP contribution in [-0.2, 0) is 19.7 Å². The monoisotopic (exact) mass is 505 g/mol. The van der Waals surface area contributed by atoms with Gasteiger partial charge in [-0.25, -0.2) is 0 Å². The maximum absolute atomic E-state index is 12.9. The van der Waals surface area contributed by atoms with Gasteiger partial charge in [-0.15, -0.1) is 5.10 Å². The van der Waals surface area contributed by atoms with Gasteiger partial charge in [0, 0.05) is 37.2 Å². The largest absolute Gasteiger partial charge is 0.493 e. The van der Waals surface area contributed by atoms with E-state index in [4.69, 9.17) is 14.2 Å². The molecule has 2 aromatic carbocycles. The number of ether oxygens (including phenoxy) is 3. The zero-order chi connectivity index (χ0) is 25.6. The summed E-state index contributed by atoms with van der Waals surface area (Å²) in [6.07, 6.45) is 4.73. The van der Waals surface area contributed by atoms with E-state index in [9.17, 15) is 4.79 Å². The van der Waals surface area contributed by atoms with Crippen LogP contribution < -0.4 is 19.5 Å². The van der Waals surface area contributed by atoms with Crippen LogP contribution in [0.15, 0.2) is 42.6 Å². The second kappa shape index (κ2) is 11.6. The third-order valence-electron chi connectivity index (χ3n) is 7.12. The number of benzene rings is 2. The van der Waals surface area contributed by atoms with Gasteiger partial charge < -0.3 is 19.5 Å². The molecule has 9 heteroatoms. The molecule has 1 fully saturated rings. The molecule has 0 unspecified atom stereocenters. The lowest BCUT2D eigenvalue weighted by Gasteiger charge is -2.32. The van der Waals surface area contributed by atoms with Gasteiger partial charge in [0.25, 0.3) is 5.91 Å². The fraction of sp³-hybridized carbons (Fsp3) is 0.464. The number of carbonyl (C=O) groups is 1. The van der Waals surface area contributed by atoms with Crippen LogP contribution in [0.25, 0.3) is 0 Å². The van der Waals surface area contributed by atoms with E-state index in [1.54, 1.807) is 11.8 Å². The summed E-state index contributed by atoms with van der Waals surface area (Å²) < 4.78 is 19.7. The molecular weight excluding hydrogens is 470 g/mol. The highest BCUT2D eigenvalue weighted by Crippen LogP contribution is 2.33. The van der Waals surface area contributed by atoms with E-state index in [0.29, 0.717) is 43.5 Å². The molecule has 9 nitrogen and oxygen atoms in total. The molecule has 3 aliphatic rings. The number of para-hydroxylation sites is 1. The van der Waals surface area contributed by atoms with E-state index in [0.717, 1.165) is 67.2 Å². The quantitative estimate of drug-likeness (QED) is 0.540. The molecule has 0 radical (unpaired) electrons. The average Bonchev–Trinajstić information content (AvgIpc) is 3.37. The van der Waals surface area contributed by atoms with Crippen LogP contribution in [0.2, 0.25) is 0 Å². The first-order chi connectivity index (χ1) is 18.1. The Labute approximate surface area is 217 Å². The minimum Gasteiger partial charge on any atom is -0.493 e. The van der Waals surface area contributed by atoms with Crippen LogP contribution in [0.1, 0.15) is 46.4 Å². The smallest absolute Gasteiger partial charge is 0.251 e. The van der Waals surface area contributed by atoms with Crippen molar-refractivity contribution in [3.05, 3.63) is 65.0 Å². The van der Waals surface area contributed by atoms with Gasteiger partial charge in [-0.1, -0.05) is 23.4 Å². The highest BCUT2D eigenvalue weighted by atomic mass is 16.5. The average molecular weight is 506 g/mol. The lowest BCUT2D eigenvalue weighted by Crippen LogP contribution is -2.38. The lowest BCUT2D eigenvalue weighted by atomic mass is 9.96. The summed E-state index contributed by atoms with van der Waals surface area (Å²) in [7, 11) is 1.66. The van der Waals surface area contributed by atoms with Crippen molar-refractivity contribution >= 4 is 5.91 Å². The van der Waals surface area contributed by atoms with Gasteiger partial charge in [0.1, 0.15) is 18.1 Å². The van der Waals surface area contributed by atoms with Gasteiger partial charge in [0.15, 0.2) is 11.5 Å². The van der Waals surface area contributed by atoms with Crippen LogP contribution in [-0.4, -0.2) is 59.2 Å². The molecule has 0 atom stereocenters. The van der Waals surface area contributed by atoms with Gasteiger partial charge in [-0.2, -0.15) is 0 Å². The van der Waals surface area contributed by atoms with Crippen molar-refractivity contribution in [1.82, 2.24) is 25.2 Å². The van der Waals surface area contributed by atoms with Gasteiger partial charge in [0.05, 0.1) is 19.9 Å². The predicted molar refractivity (Wildman–Crippen MR) is 139 cm³/mol. The number of fused-ring (bicyclic) bond motifs is 8. The Morgan fingerprint density at radius 3 is 2.81 bits per heavy atom. The molecule has 196 valence electrons. The van der Waals surface area contributed by atoms with E-state index in [1.165, 1.54) is 0 Å². The lowest BCUT2D eigenvalue weighted by molar-refractivity contribution is 0.0934. The minimum absolute atomic E-state index is 0.0530. The molecule has 6 rings (SSSR count). The fourth-order valence-corrected chi connectivity index (χ4v) is 4.90. The molecule has 4 heterocycles. The number of nitrogens with zero attached hydrogens (tertiary/aromatic N) is 4. The molecule has 1 N–H and O–H groups in total. The molecule has 37 heavy (non-hydrogen) atoms. The van der Waals surface area contributed by atoms with Crippen molar-refractivity contribution in [2.45, 2.75) is 45.9 Å². The summed E-state index contributed by atoms with van der Waals surface area (Å²) in [5.41, 5.74) is 3.49. The number of methoxy groups -OCH3 is 1. The SMILES string of the molecule is COc1cccc2c1OCc1cn(nn1)CCCOc1cc(ccc1C)C(=O)NCC1CCN(CC1)C2. The van der Waals surface area contributed by atoms with Crippen molar-refractivity contribution < 1.29 is 19.0 Å². The zero-order valence-electron chi connectivity index (χ0n) is 21.6. The van der Waals surface area contributed by atoms with E-state index in [1.807, 2.05) is 43.5 Å². The summed E-state index contributed by atoms with van der Waals surface area (Å²) in [6.45, 7) is 6.89.